The number of nitrogen functional groups attached to an aromatic ring is 1. The lowest BCUT2D eigenvalue weighted by atomic mass is 10.1. The Hall–Kier alpha value is -2.56. The first-order chi connectivity index (χ1) is 9.60. The number of amides is 1. The van der Waals surface area contributed by atoms with Crippen molar-refractivity contribution in [2.24, 2.45) is 0 Å². The first-order valence-corrected chi connectivity index (χ1v) is 6.30. The maximum absolute atomic E-state index is 13.1. The third-order valence-corrected chi connectivity index (χ3v) is 2.75. The lowest BCUT2D eigenvalue weighted by Crippen LogP contribution is -2.22. The fourth-order valence-electron chi connectivity index (χ4n) is 1.80. The number of benzene rings is 2. The molecule has 0 aliphatic carbocycles. The number of halogens is 1. The van der Waals surface area contributed by atoms with Crippen molar-refractivity contribution in [1.29, 1.82) is 0 Å². The SMILES string of the molecule is CCNC(=O)c1ccc(Nc2cccc(F)c2)c(N)c1. The summed E-state index contributed by atoms with van der Waals surface area (Å²) < 4.78 is 13.1. The fraction of sp³-hybridized carbons (Fsp3) is 0.133. The van der Waals surface area contributed by atoms with Crippen LogP contribution in [-0.2, 0) is 0 Å². The molecule has 0 heterocycles. The van der Waals surface area contributed by atoms with Gasteiger partial charge in [0.15, 0.2) is 0 Å². The lowest BCUT2D eigenvalue weighted by molar-refractivity contribution is 0.0956. The minimum atomic E-state index is -0.326. The molecule has 0 unspecified atom stereocenters. The van der Waals surface area contributed by atoms with Crippen LogP contribution in [-0.4, -0.2) is 12.5 Å². The molecule has 0 fully saturated rings. The Balaban J connectivity index is 2.20. The molecule has 104 valence electrons. The summed E-state index contributed by atoms with van der Waals surface area (Å²) in [6, 6.07) is 11.0. The summed E-state index contributed by atoms with van der Waals surface area (Å²) in [5, 5.41) is 5.72. The van der Waals surface area contributed by atoms with Gasteiger partial charge in [-0.3, -0.25) is 4.79 Å². The third kappa shape index (κ3) is 3.26. The third-order valence-electron chi connectivity index (χ3n) is 2.75. The minimum absolute atomic E-state index is 0.170. The fourth-order valence-corrected chi connectivity index (χ4v) is 1.80. The van der Waals surface area contributed by atoms with Crippen LogP contribution in [0.15, 0.2) is 42.5 Å². The van der Waals surface area contributed by atoms with Gasteiger partial charge in [-0.15, -0.1) is 0 Å². The van der Waals surface area contributed by atoms with E-state index in [1.807, 2.05) is 6.92 Å². The number of hydrogen-bond donors (Lipinski definition) is 3. The molecule has 2 aromatic rings. The normalized spacial score (nSPS) is 10.1. The molecule has 0 radical (unpaired) electrons. The van der Waals surface area contributed by atoms with Gasteiger partial charge in [0.25, 0.3) is 5.91 Å². The number of carbonyl (C=O) groups excluding carboxylic acids is 1. The monoisotopic (exact) mass is 273 g/mol. The van der Waals surface area contributed by atoms with Crippen LogP contribution < -0.4 is 16.4 Å². The van der Waals surface area contributed by atoms with Gasteiger partial charge >= 0.3 is 0 Å². The summed E-state index contributed by atoms with van der Waals surface area (Å²) in [6.07, 6.45) is 0. The van der Waals surface area contributed by atoms with Crippen molar-refractivity contribution < 1.29 is 9.18 Å². The molecule has 5 heteroatoms. The molecule has 0 spiro atoms. The zero-order chi connectivity index (χ0) is 14.5. The minimum Gasteiger partial charge on any atom is -0.397 e. The summed E-state index contributed by atoms with van der Waals surface area (Å²) in [7, 11) is 0. The van der Waals surface area contributed by atoms with E-state index in [2.05, 4.69) is 10.6 Å². The number of hydrogen-bond acceptors (Lipinski definition) is 3. The summed E-state index contributed by atoms with van der Waals surface area (Å²) in [4.78, 5) is 11.7. The Labute approximate surface area is 116 Å². The van der Waals surface area contributed by atoms with Gasteiger partial charge in [0.1, 0.15) is 5.82 Å². The van der Waals surface area contributed by atoms with Crippen LogP contribution in [0.25, 0.3) is 0 Å². The average molecular weight is 273 g/mol. The molecule has 0 aromatic heterocycles. The smallest absolute Gasteiger partial charge is 0.251 e. The van der Waals surface area contributed by atoms with Crippen LogP contribution in [0.1, 0.15) is 17.3 Å². The Morgan fingerprint density at radius 3 is 2.70 bits per heavy atom. The van der Waals surface area contributed by atoms with Crippen LogP contribution >= 0.6 is 0 Å². The van der Waals surface area contributed by atoms with Crippen molar-refractivity contribution in [2.75, 3.05) is 17.6 Å². The molecule has 0 atom stereocenters. The summed E-state index contributed by atoms with van der Waals surface area (Å²) in [5.41, 5.74) is 8.06. The van der Waals surface area contributed by atoms with Crippen molar-refractivity contribution >= 4 is 23.0 Å². The van der Waals surface area contributed by atoms with Crippen molar-refractivity contribution in [3.8, 4) is 0 Å². The highest BCUT2D eigenvalue weighted by atomic mass is 19.1. The number of nitrogens with two attached hydrogens (primary N) is 1. The van der Waals surface area contributed by atoms with E-state index >= 15 is 0 Å². The second-order valence-corrected chi connectivity index (χ2v) is 4.30. The van der Waals surface area contributed by atoms with E-state index in [0.29, 0.717) is 29.2 Å². The van der Waals surface area contributed by atoms with Gasteiger partial charge in [0.2, 0.25) is 0 Å². The van der Waals surface area contributed by atoms with E-state index in [0.717, 1.165) is 0 Å². The van der Waals surface area contributed by atoms with Crippen LogP contribution in [0.2, 0.25) is 0 Å². The predicted molar refractivity (Wildman–Crippen MR) is 78.5 cm³/mol. The molecule has 2 rings (SSSR count). The topological polar surface area (TPSA) is 67.2 Å². The van der Waals surface area contributed by atoms with E-state index in [1.54, 1.807) is 30.3 Å². The Bertz CT molecular complexity index is 628. The first-order valence-electron chi connectivity index (χ1n) is 6.30. The van der Waals surface area contributed by atoms with E-state index in [1.165, 1.54) is 12.1 Å². The Morgan fingerprint density at radius 1 is 1.25 bits per heavy atom. The van der Waals surface area contributed by atoms with E-state index < -0.39 is 0 Å². The molecular weight excluding hydrogens is 257 g/mol. The zero-order valence-electron chi connectivity index (χ0n) is 11.1. The van der Waals surface area contributed by atoms with Crippen LogP contribution in [0, 0.1) is 5.82 Å². The summed E-state index contributed by atoms with van der Waals surface area (Å²) >= 11 is 0. The Morgan fingerprint density at radius 2 is 2.05 bits per heavy atom. The molecule has 0 aliphatic rings. The predicted octanol–water partition coefficient (Wildman–Crippen LogP) is 2.90. The van der Waals surface area contributed by atoms with Gasteiger partial charge in [-0.1, -0.05) is 6.07 Å². The van der Waals surface area contributed by atoms with Crippen molar-refractivity contribution in [1.82, 2.24) is 5.32 Å². The number of nitrogens with one attached hydrogen (secondary N) is 2. The van der Waals surface area contributed by atoms with Gasteiger partial charge in [-0.2, -0.15) is 0 Å². The lowest BCUT2D eigenvalue weighted by Gasteiger charge is -2.11. The molecule has 1 amide bonds. The highest BCUT2D eigenvalue weighted by Gasteiger charge is 2.07. The molecule has 4 nitrogen and oxygen atoms in total. The maximum Gasteiger partial charge on any atom is 0.251 e. The van der Waals surface area contributed by atoms with E-state index in [-0.39, 0.29) is 11.7 Å². The molecule has 0 saturated heterocycles. The van der Waals surface area contributed by atoms with Crippen LogP contribution in [0.4, 0.5) is 21.5 Å². The number of rotatable bonds is 4. The van der Waals surface area contributed by atoms with Gasteiger partial charge < -0.3 is 16.4 Å². The first kappa shape index (κ1) is 13.9. The maximum atomic E-state index is 13.1. The van der Waals surface area contributed by atoms with E-state index in [4.69, 9.17) is 5.73 Å². The second kappa shape index (κ2) is 6.06. The molecule has 0 saturated carbocycles. The number of anilines is 3. The Kier molecular flexibility index (Phi) is 4.20. The summed E-state index contributed by atoms with van der Waals surface area (Å²) in [5.74, 6) is -0.496. The standard InChI is InChI=1S/C15H16FN3O/c1-2-18-15(20)10-6-7-14(13(17)8-10)19-12-5-3-4-11(16)9-12/h3-9,19H,2,17H2,1H3,(H,18,20). The van der Waals surface area contributed by atoms with Gasteiger partial charge in [0, 0.05) is 17.8 Å². The second-order valence-electron chi connectivity index (χ2n) is 4.30. The molecule has 4 N–H and O–H groups in total. The average Bonchev–Trinajstić information content (AvgIpc) is 2.41. The van der Waals surface area contributed by atoms with Crippen molar-refractivity contribution in [2.45, 2.75) is 6.92 Å². The van der Waals surface area contributed by atoms with Crippen LogP contribution in [0.5, 0.6) is 0 Å². The van der Waals surface area contributed by atoms with Crippen molar-refractivity contribution in [3.05, 3.63) is 53.8 Å². The molecule has 20 heavy (non-hydrogen) atoms. The van der Waals surface area contributed by atoms with Crippen LogP contribution in [0.3, 0.4) is 0 Å². The van der Waals surface area contributed by atoms with Gasteiger partial charge in [-0.25, -0.2) is 4.39 Å². The zero-order valence-corrected chi connectivity index (χ0v) is 11.1. The molecule has 0 aliphatic heterocycles. The van der Waals surface area contributed by atoms with E-state index in [9.17, 15) is 9.18 Å². The highest BCUT2D eigenvalue weighted by Crippen LogP contribution is 2.24. The highest BCUT2D eigenvalue weighted by molar-refractivity contribution is 5.96. The molecule has 0 bridgehead atoms. The largest absolute Gasteiger partial charge is 0.397 e. The number of carbonyl (C=O) groups is 1. The molecular formula is C15H16FN3O. The van der Waals surface area contributed by atoms with Gasteiger partial charge in [0.05, 0.1) is 11.4 Å². The van der Waals surface area contributed by atoms with Gasteiger partial charge in [-0.05, 0) is 43.3 Å². The van der Waals surface area contributed by atoms with Crippen molar-refractivity contribution in [3.63, 3.8) is 0 Å². The quantitative estimate of drug-likeness (QED) is 0.750. The summed E-state index contributed by atoms with van der Waals surface area (Å²) in [6.45, 7) is 2.41. The molecule has 2 aromatic carbocycles.